The van der Waals surface area contributed by atoms with Crippen molar-refractivity contribution in [1.82, 2.24) is 9.88 Å². The number of thiazole rings is 1. The van der Waals surface area contributed by atoms with Gasteiger partial charge in [-0.2, -0.15) is 0 Å². The summed E-state index contributed by atoms with van der Waals surface area (Å²) in [7, 11) is 0. The molecule has 1 aliphatic heterocycles. The summed E-state index contributed by atoms with van der Waals surface area (Å²) in [6, 6.07) is 8.96. The van der Waals surface area contributed by atoms with Gasteiger partial charge in [-0.05, 0) is 50.6 Å². The highest BCUT2D eigenvalue weighted by Gasteiger charge is 2.27. The second-order valence-corrected chi connectivity index (χ2v) is 7.88. The molecule has 0 N–H and O–H groups in total. The van der Waals surface area contributed by atoms with Gasteiger partial charge in [0, 0.05) is 27.7 Å². The van der Waals surface area contributed by atoms with E-state index >= 15 is 0 Å². The van der Waals surface area contributed by atoms with Crippen molar-refractivity contribution in [3.63, 3.8) is 0 Å². The Hall–Kier alpha value is -1.43. The molecule has 1 saturated heterocycles. The summed E-state index contributed by atoms with van der Waals surface area (Å²) >= 11 is 3.59. The van der Waals surface area contributed by atoms with E-state index in [1.54, 1.807) is 17.6 Å². The number of furan rings is 1. The van der Waals surface area contributed by atoms with Crippen molar-refractivity contribution in [3.05, 3.63) is 51.4 Å². The molecule has 4 rings (SSSR count). The number of thiophene rings is 1. The summed E-state index contributed by atoms with van der Waals surface area (Å²) in [5.41, 5.74) is 1.15. The van der Waals surface area contributed by atoms with Crippen LogP contribution in [0, 0.1) is 6.92 Å². The molecule has 0 amide bonds. The first-order valence-electron chi connectivity index (χ1n) is 7.58. The Morgan fingerprint density at radius 1 is 1.36 bits per heavy atom. The minimum absolute atomic E-state index is 0.562. The first-order valence-corrected chi connectivity index (χ1v) is 9.28. The largest absolute Gasteiger partial charge is 0.462 e. The van der Waals surface area contributed by atoms with Crippen LogP contribution < -0.4 is 0 Å². The van der Waals surface area contributed by atoms with E-state index in [2.05, 4.69) is 29.3 Å². The second-order valence-electron chi connectivity index (χ2n) is 5.70. The molecular formula is C17H18N2OS2. The third kappa shape index (κ3) is 2.76. The molecule has 0 aromatic carbocycles. The van der Waals surface area contributed by atoms with Crippen molar-refractivity contribution in [1.29, 1.82) is 0 Å². The number of likely N-dealkylation sites (tertiary alicyclic amines) is 1. The van der Waals surface area contributed by atoms with Crippen molar-refractivity contribution < 1.29 is 4.42 Å². The summed E-state index contributed by atoms with van der Waals surface area (Å²) in [5, 5.41) is 3.13. The van der Waals surface area contributed by atoms with Gasteiger partial charge in [0.25, 0.3) is 0 Å². The van der Waals surface area contributed by atoms with Crippen molar-refractivity contribution >= 4 is 22.7 Å². The second kappa shape index (κ2) is 5.99. The average Bonchev–Trinajstić information content (AvgIpc) is 3.26. The van der Waals surface area contributed by atoms with E-state index in [0.29, 0.717) is 6.04 Å². The fourth-order valence-electron chi connectivity index (χ4n) is 3.07. The summed E-state index contributed by atoms with van der Waals surface area (Å²) in [6.07, 6.45) is 4.23. The van der Waals surface area contributed by atoms with Crippen LogP contribution in [-0.4, -0.2) is 16.4 Å². The van der Waals surface area contributed by atoms with Gasteiger partial charge in [-0.1, -0.05) is 0 Å². The molecule has 3 aromatic rings. The normalized spacial score (nSPS) is 19.0. The quantitative estimate of drug-likeness (QED) is 0.665. The average molecular weight is 330 g/mol. The van der Waals surface area contributed by atoms with Gasteiger partial charge < -0.3 is 4.42 Å². The van der Waals surface area contributed by atoms with E-state index < -0.39 is 0 Å². The van der Waals surface area contributed by atoms with Crippen LogP contribution in [0.25, 0.3) is 10.8 Å². The van der Waals surface area contributed by atoms with Gasteiger partial charge in [0.1, 0.15) is 0 Å². The van der Waals surface area contributed by atoms with Gasteiger partial charge in [0.2, 0.25) is 0 Å². The van der Waals surface area contributed by atoms with Crippen LogP contribution in [0.3, 0.4) is 0 Å². The predicted molar refractivity (Wildman–Crippen MR) is 91.3 cm³/mol. The monoisotopic (exact) mass is 330 g/mol. The topological polar surface area (TPSA) is 29.3 Å². The lowest BCUT2D eigenvalue weighted by Crippen LogP contribution is -2.22. The highest BCUT2D eigenvalue weighted by molar-refractivity contribution is 7.13. The highest BCUT2D eigenvalue weighted by Crippen LogP contribution is 2.37. The SMILES string of the molecule is Cc1ccc(C2CCCN2Cc2csc(-c3ccco3)n2)s1. The molecule has 1 fully saturated rings. The smallest absolute Gasteiger partial charge is 0.162 e. The fourth-order valence-corrected chi connectivity index (χ4v) is 4.90. The number of hydrogen-bond acceptors (Lipinski definition) is 5. The number of hydrogen-bond donors (Lipinski definition) is 0. The zero-order valence-corrected chi connectivity index (χ0v) is 14.1. The summed E-state index contributed by atoms with van der Waals surface area (Å²) in [6.45, 7) is 4.28. The molecule has 1 atom stereocenters. The summed E-state index contributed by atoms with van der Waals surface area (Å²) in [4.78, 5) is 10.2. The fraction of sp³-hybridized carbons (Fsp3) is 0.353. The van der Waals surface area contributed by atoms with Crippen molar-refractivity contribution in [2.45, 2.75) is 32.4 Å². The maximum atomic E-state index is 5.43. The van der Waals surface area contributed by atoms with Gasteiger partial charge >= 0.3 is 0 Å². The molecule has 0 bridgehead atoms. The Bertz CT molecular complexity index is 744. The van der Waals surface area contributed by atoms with E-state index in [0.717, 1.165) is 29.6 Å². The van der Waals surface area contributed by atoms with Gasteiger partial charge in [-0.15, -0.1) is 22.7 Å². The Kier molecular flexibility index (Phi) is 3.86. The van der Waals surface area contributed by atoms with E-state index in [9.17, 15) is 0 Å². The molecular weight excluding hydrogens is 312 g/mol. The minimum atomic E-state index is 0.562. The van der Waals surface area contributed by atoms with Gasteiger partial charge in [0.15, 0.2) is 10.8 Å². The van der Waals surface area contributed by atoms with E-state index in [-0.39, 0.29) is 0 Å². The minimum Gasteiger partial charge on any atom is -0.462 e. The standard InChI is InChI=1S/C17H18N2OS2/c1-12-6-7-16(22-12)14-4-2-8-19(14)10-13-11-21-17(18-13)15-5-3-9-20-15/h3,5-7,9,11,14H,2,4,8,10H2,1H3. The van der Waals surface area contributed by atoms with Crippen LogP contribution in [0.1, 0.15) is 34.3 Å². The first-order chi connectivity index (χ1) is 10.8. The lowest BCUT2D eigenvalue weighted by Gasteiger charge is -2.22. The molecule has 114 valence electrons. The molecule has 0 aliphatic carbocycles. The third-order valence-electron chi connectivity index (χ3n) is 4.10. The van der Waals surface area contributed by atoms with Crippen LogP contribution in [0.15, 0.2) is 40.3 Å². The highest BCUT2D eigenvalue weighted by atomic mass is 32.1. The summed E-state index contributed by atoms with van der Waals surface area (Å²) in [5.74, 6) is 0.864. The Balaban J connectivity index is 1.50. The van der Waals surface area contributed by atoms with Crippen LogP contribution in [0.4, 0.5) is 0 Å². The number of aryl methyl sites for hydroxylation is 1. The first kappa shape index (κ1) is 14.2. The molecule has 1 unspecified atom stereocenters. The van der Waals surface area contributed by atoms with Gasteiger partial charge in [-0.25, -0.2) is 4.98 Å². The molecule has 3 nitrogen and oxygen atoms in total. The maximum Gasteiger partial charge on any atom is 0.162 e. The van der Waals surface area contributed by atoms with Crippen LogP contribution in [0.2, 0.25) is 0 Å². The van der Waals surface area contributed by atoms with E-state index in [1.165, 1.54) is 22.6 Å². The number of rotatable bonds is 4. The molecule has 4 heterocycles. The zero-order chi connectivity index (χ0) is 14.9. The maximum absolute atomic E-state index is 5.43. The Morgan fingerprint density at radius 3 is 3.09 bits per heavy atom. The lowest BCUT2D eigenvalue weighted by molar-refractivity contribution is 0.249. The van der Waals surface area contributed by atoms with Crippen molar-refractivity contribution in [2.75, 3.05) is 6.54 Å². The van der Waals surface area contributed by atoms with Gasteiger partial charge in [0.05, 0.1) is 12.0 Å². The molecule has 3 aromatic heterocycles. The number of nitrogens with zero attached hydrogens (tertiary/aromatic N) is 2. The predicted octanol–water partition coefficient (Wildman–Crippen LogP) is 5.11. The molecule has 0 radical (unpaired) electrons. The molecule has 0 saturated carbocycles. The van der Waals surface area contributed by atoms with E-state index in [1.807, 2.05) is 23.5 Å². The van der Waals surface area contributed by atoms with Crippen molar-refractivity contribution in [2.24, 2.45) is 0 Å². The van der Waals surface area contributed by atoms with Crippen LogP contribution >= 0.6 is 22.7 Å². The van der Waals surface area contributed by atoms with E-state index in [4.69, 9.17) is 9.40 Å². The van der Waals surface area contributed by atoms with Crippen LogP contribution in [0.5, 0.6) is 0 Å². The van der Waals surface area contributed by atoms with Crippen molar-refractivity contribution in [3.8, 4) is 10.8 Å². The molecule has 22 heavy (non-hydrogen) atoms. The Morgan fingerprint density at radius 2 is 2.32 bits per heavy atom. The summed E-state index contributed by atoms with van der Waals surface area (Å²) < 4.78 is 5.43. The third-order valence-corrected chi connectivity index (χ3v) is 6.11. The van der Waals surface area contributed by atoms with Crippen LogP contribution in [-0.2, 0) is 6.54 Å². The molecule has 5 heteroatoms. The van der Waals surface area contributed by atoms with Gasteiger partial charge in [-0.3, -0.25) is 4.90 Å². The molecule has 1 aliphatic rings. The Labute approximate surface area is 138 Å². The molecule has 0 spiro atoms. The zero-order valence-electron chi connectivity index (χ0n) is 12.5. The number of aromatic nitrogens is 1. The lowest BCUT2D eigenvalue weighted by atomic mass is 10.2.